The number of hydrogen-bond donors (Lipinski definition) is 0. The summed E-state index contributed by atoms with van der Waals surface area (Å²) in [6, 6.07) is 3.15. The maximum atomic E-state index is 11.8. The highest BCUT2D eigenvalue weighted by Crippen LogP contribution is 2.22. The zero-order valence-corrected chi connectivity index (χ0v) is 14.1. The van der Waals surface area contributed by atoms with Gasteiger partial charge in [0.1, 0.15) is 0 Å². The molecule has 0 spiro atoms. The van der Waals surface area contributed by atoms with Crippen LogP contribution in [0.3, 0.4) is 0 Å². The molecule has 0 aromatic heterocycles. The first-order valence-electron chi connectivity index (χ1n) is 6.92. The molecule has 0 rings (SSSR count). The van der Waals surface area contributed by atoms with Crippen LogP contribution in [0.15, 0.2) is 0 Å². The molecule has 0 N–H and O–H groups in total. The first-order valence-corrected chi connectivity index (χ1v) is 10.6. The highest BCUT2D eigenvalue weighted by molar-refractivity contribution is 9.09. The first-order chi connectivity index (χ1) is 8.14. The summed E-state index contributed by atoms with van der Waals surface area (Å²) in [5, 5.41) is 1.06. The molecule has 0 radical (unpaired) electrons. The number of unbranched alkanes of at least 4 members (excludes halogenated alkanes) is 3. The lowest BCUT2D eigenvalue weighted by Crippen LogP contribution is -2.38. The van der Waals surface area contributed by atoms with Crippen LogP contribution in [0.5, 0.6) is 0 Å². The van der Waals surface area contributed by atoms with Crippen LogP contribution < -0.4 is 0 Å². The van der Waals surface area contributed by atoms with Gasteiger partial charge in [-0.2, -0.15) is 0 Å². The van der Waals surface area contributed by atoms with Crippen molar-refractivity contribution in [3.63, 3.8) is 0 Å². The Morgan fingerprint density at radius 1 is 1.00 bits per heavy atom. The van der Waals surface area contributed by atoms with Gasteiger partial charge in [0.25, 0.3) is 14.3 Å². The number of hydrogen-bond acceptors (Lipinski definition) is 2. The van der Waals surface area contributed by atoms with Gasteiger partial charge in [-0.25, -0.2) is 0 Å². The Morgan fingerprint density at radius 2 is 1.53 bits per heavy atom. The summed E-state index contributed by atoms with van der Waals surface area (Å²) in [4.78, 5) is 11.8. The molecule has 0 aliphatic carbocycles. The van der Waals surface area contributed by atoms with E-state index in [-0.39, 0.29) is 5.97 Å². The van der Waals surface area contributed by atoms with E-state index in [0.29, 0.717) is 6.42 Å². The maximum absolute atomic E-state index is 11.8. The van der Waals surface area contributed by atoms with Crippen LogP contribution in [-0.4, -0.2) is 19.6 Å². The molecule has 0 aromatic carbocycles. The van der Waals surface area contributed by atoms with Gasteiger partial charge in [0, 0.05) is 11.8 Å². The Kier molecular flexibility index (Phi) is 10.2. The molecule has 17 heavy (non-hydrogen) atoms. The van der Waals surface area contributed by atoms with Crippen molar-refractivity contribution < 1.29 is 9.22 Å². The normalized spacial score (nSPS) is 11.5. The van der Waals surface area contributed by atoms with Crippen LogP contribution in [0.25, 0.3) is 0 Å². The molecule has 102 valence electrons. The van der Waals surface area contributed by atoms with Crippen LogP contribution in [0.1, 0.15) is 52.9 Å². The molecule has 0 aliphatic heterocycles. The fourth-order valence-corrected chi connectivity index (χ4v) is 4.89. The molecule has 0 bridgehead atoms. The average Bonchev–Trinajstić information content (AvgIpc) is 2.36. The van der Waals surface area contributed by atoms with Gasteiger partial charge in [0.15, 0.2) is 0 Å². The largest absolute Gasteiger partial charge is 0.519 e. The standard InChI is InChI=1S/C13H27BrO2Si/c1-4-17(5-2,6-3)16-13(15)11-9-7-8-10-12-14/h4-12H2,1-3H3. The van der Waals surface area contributed by atoms with Crippen LogP contribution >= 0.6 is 15.9 Å². The van der Waals surface area contributed by atoms with Crippen molar-refractivity contribution in [2.45, 2.75) is 71.0 Å². The van der Waals surface area contributed by atoms with Crippen LogP contribution in [0.2, 0.25) is 18.1 Å². The van der Waals surface area contributed by atoms with Gasteiger partial charge in [-0.15, -0.1) is 0 Å². The van der Waals surface area contributed by atoms with Crippen molar-refractivity contribution in [3.8, 4) is 0 Å². The molecule has 0 fully saturated rings. The van der Waals surface area contributed by atoms with E-state index in [2.05, 4.69) is 36.7 Å². The Labute approximate surface area is 116 Å². The maximum Gasteiger partial charge on any atom is 0.292 e. The third kappa shape index (κ3) is 7.24. The minimum Gasteiger partial charge on any atom is -0.519 e. The summed E-state index contributed by atoms with van der Waals surface area (Å²) in [5.74, 6) is 0.0426. The molecule has 4 heteroatoms. The van der Waals surface area contributed by atoms with Crippen molar-refractivity contribution in [2.24, 2.45) is 0 Å². The lowest BCUT2D eigenvalue weighted by Gasteiger charge is -2.27. The second-order valence-corrected chi connectivity index (χ2v) is 10.1. The van der Waals surface area contributed by atoms with Gasteiger partial charge in [-0.1, -0.05) is 49.5 Å². The van der Waals surface area contributed by atoms with Crippen molar-refractivity contribution in [2.75, 3.05) is 5.33 Å². The number of carbonyl (C=O) groups excluding carboxylic acids is 1. The smallest absolute Gasteiger partial charge is 0.292 e. The minimum atomic E-state index is -1.71. The molecule has 0 heterocycles. The third-order valence-corrected chi connectivity index (χ3v) is 8.62. The van der Waals surface area contributed by atoms with E-state index in [4.69, 9.17) is 4.43 Å². The van der Waals surface area contributed by atoms with E-state index in [1.165, 1.54) is 12.8 Å². The monoisotopic (exact) mass is 322 g/mol. The van der Waals surface area contributed by atoms with Crippen molar-refractivity contribution in [1.29, 1.82) is 0 Å². The number of alkyl halides is 1. The van der Waals surface area contributed by atoms with E-state index >= 15 is 0 Å². The third-order valence-electron chi connectivity index (χ3n) is 3.53. The summed E-state index contributed by atoms with van der Waals surface area (Å²) >= 11 is 3.41. The summed E-state index contributed by atoms with van der Waals surface area (Å²) in [6.45, 7) is 6.47. The number of carbonyl (C=O) groups is 1. The number of halogens is 1. The molecule has 2 nitrogen and oxygen atoms in total. The van der Waals surface area contributed by atoms with Crippen LogP contribution in [0, 0.1) is 0 Å². The fourth-order valence-electron chi connectivity index (χ4n) is 1.98. The molecule has 0 aliphatic rings. The molecule has 0 atom stereocenters. The predicted molar refractivity (Wildman–Crippen MR) is 80.2 cm³/mol. The summed E-state index contributed by atoms with van der Waals surface area (Å²) in [7, 11) is -1.71. The topological polar surface area (TPSA) is 26.3 Å². The number of rotatable bonds is 10. The van der Waals surface area contributed by atoms with Crippen molar-refractivity contribution in [1.82, 2.24) is 0 Å². The molecule has 0 unspecified atom stereocenters. The summed E-state index contributed by atoms with van der Waals surface area (Å²) in [6.07, 6.45) is 5.13. The quantitative estimate of drug-likeness (QED) is 0.325. The fraction of sp³-hybridized carbons (Fsp3) is 0.923. The molecule has 0 aromatic rings. The molecule has 0 saturated carbocycles. The second kappa shape index (κ2) is 10.1. The van der Waals surface area contributed by atoms with Gasteiger partial charge in [-0.3, -0.25) is 4.79 Å². The van der Waals surface area contributed by atoms with E-state index in [9.17, 15) is 4.79 Å². The second-order valence-electron chi connectivity index (χ2n) is 4.57. The van der Waals surface area contributed by atoms with Gasteiger partial charge in [0.2, 0.25) is 0 Å². The van der Waals surface area contributed by atoms with Crippen LogP contribution in [0.4, 0.5) is 0 Å². The highest BCUT2D eigenvalue weighted by Gasteiger charge is 2.32. The summed E-state index contributed by atoms with van der Waals surface area (Å²) < 4.78 is 5.78. The average molecular weight is 323 g/mol. The molecular formula is C13H27BrO2Si. The summed E-state index contributed by atoms with van der Waals surface area (Å²) in [5.41, 5.74) is 0. The Balaban J connectivity index is 3.83. The molecular weight excluding hydrogens is 296 g/mol. The van der Waals surface area contributed by atoms with Crippen LogP contribution in [-0.2, 0) is 9.22 Å². The van der Waals surface area contributed by atoms with Crippen molar-refractivity contribution in [3.05, 3.63) is 0 Å². The molecule has 0 amide bonds. The minimum absolute atomic E-state index is 0.0426. The van der Waals surface area contributed by atoms with E-state index in [1.54, 1.807) is 0 Å². The predicted octanol–water partition coefficient (Wildman–Crippen LogP) is 4.88. The molecule has 0 saturated heterocycles. The highest BCUT2D eigenvalue weighted by atomic mass is 79.9. The van der Waals surface area contributed by atoms with E-state index in [1.807, 2.05) is 0 Å². The lowest BCUT2D eigenvalue weighted by molar-refractivity contribution is -0.135. The SMILES string of the molecule is CC[Si](CC)(CC)OC(=O)CCCCCCBr. The van der Waals surface area contributed by atoms with Gasteiger partial charge in [-0.05, 0) is 31.0 Å². The Hall–Kier alpha value is 0.167. The van der Waals surface area contributed by atoms with Gasteiger partial charge in [0.05, 0.1) is 0 Å². The zero-order chi connectivity index (χ0) is 13.1. The Bertz CT molecular complexity index is 197. The Morgan fingerprint density at radius 3 is 2.00 bits per heavy atom. The van der Waals surface area contributed by atoms with Gasteiger partial charge >= 0.3 is 0 Å². The van der Waals surface area contributed by atoms with Gasteiger partial charge < -0.3 is 4.43 Å². The zero-order valence-electron chi connectivity index (χ0n) is 11.6. The van der Waals surface area contributed by atoms with Crippen molar-refractivity contribution >= 4 is 30.2 Å². The first kappa shape index (κ1) is 17.2. The lowest BCUT2D eigenvalue weighted by atomic mass is 10.2. The van der Waals surface area contributed by atoms with E-state index in [0.717, 1.165) is 36.3 Å². The van der Waals surface area contributed by atoms with E-state index < -0.39 is 8.32 Å².